The predicted molar refractivity (Wildman–Crippen MR) is 71.7 cm³/mol. The lowest BCUT2D eigenvalue weighted by molar-refractivity contribution is -0.144. The number of methoxy groups -OCH3 is 1. The fourth-order valence-electron chi connectivity index (χ4n) is 1.81. The molecule has 0 saturated heterocycles. The maximum absolute atomic E-state index is 11.3. The lowest BCUT2D eigenvalue weighted by atomic mass is 9.98. The maximum atomic E-state index is 11.3. The Morgan fingerprint density at radius 3 is 2.50 bits per heavy atom. The largest absolute Gasteiger partial charge is 0.497 e. The van der Waals surface area contributed by atoms with Crippen molar-refractivity contribution in [3.05, 3.63) is 29.8 Å². The first-order valence-electron chi connectivity index (χ1n) is 6.44. The molecule has 0 aliphatic heterocycles. The van der Waals surface area contributed by atoms with Crippen LogP contribution in [0.25, 0.3) is 0 Å². The third-order valence-electron chi connectivity index (χ3n) is 2.91. The lowest BCUT2D eigenvalue weighted by Gasteiger charge is -2.10. The highest BCUT2D eigenvalue weighted by atomic mass is 16.5. The van der Waals surface area contributed by atoms with Gasteiger partial charge in [0, 0.05) is 6.42 Å². The highest BCUT2D eigenvalue weighted by molar-refractivity contribution is 5.69. The van der Waals surface area contributed by atoms with E-state index in [1.807, 2.05) is 19.1 Å². The Labute approximate surface area is 109 Å². The molecular weight excluding hydrogens is 228 g/mol. The molecule has 3 nitrogen and oxygen atoms in total. The zero-order chi connectivity index (χ0) is 13.4. The van der Waals surface area contributed by atoms with Crippen molar-refractivity contribution in [1.29, 1.82) is 0 Å². The van der Waals surface area contributed by atoms with E-state index >= 15 is 0 Å². The Hall–Kier alpha value is -1.51. The fraction of sp³-hybridized carbons (Fsp3) is 0.533. The van der Waals surface area contributed by atoms with E-state index in [0.29, 0.717) is 18.9 Å². The van der Waals surface area contributed by atoms with E-state index in [1.165, 1.54) is 5.56 Å². The first-order valence-corrected chi connectivity index (χ1v) is 6.44. The molecule has 3 heteroatoms. The van der Waals surface area contributed by atoms with Crippen molar-refractivity contribution in [2.24, 2.45) is 5.92 Å². The Bertz CT molecular complexity index is 357. The summed E-state index contributed by atoms with van der Waals surface area (Å²) in [6, 6.07) is 8.06. The molecule has 0 aromatic heterocycles. The molecule has 0 heterocycles. The number of benzene rings is 1. The number of carbonyl (C=O) groups is 1. The van der Waals surface area contributed by atoms with E-state index in [9.17, 15) is 4.79 Å². The average molecular weight is 250 g/mol. The van der Waals surface area contributed by atoms with Gasteiger partial charge in [0.05, 0.1) is 13.7 Å². The summed E-state index contributed by atoms with van der Waals surface area (Å²) >= 11 is 0. The normalized spacial score (nSPS) is 11.9. The van der Waals surface area contributed by atoms with E-state index in [0.717, 1.165) is 18.6 Å². The zero-order valence-corrected chi connectivity index (χ0v) is 11.4. The first-order chi connectivity index (χ1) is 8.65. The molecule has 0 aliphatic carbocycles. The van der Waals surface area contributed by atoms with Gasteiger partial charge in [-0.15, -0.1) is 0 Å². The van der Waals surface area contributed by atoms with Gasteiger partial charge in [0.25, 0.3) is 0 Å². The summed E-state index contributed by atoms with van der Waals surface area (Å²) in [5.41, 5.74) is 1.27. The molecule has 18 heavy (non-hydrogen) atoms. The van der Waals surface area contributed by atoms with Gasteiger partial charge in [-0.25, -0.2) is 0 Å². The molecule has 1 atom stereocenters. The minimum atomic E-state index is -0.0975. The minimum Gasteiger partial charge on any atom is -0.497 e. The van der Waals surface area contributed by atoms with Crippen LogP contribution in [-0.4, -0.2) is 19.7 Å². The van der Waals surface area contributed by atoms with Crippen molar-refractivity contribution in [2.75, 3.05) is 13.7 Å². The van der Waals surface area contributed by atoms with Crippen LogP contribution in [0.4, 0.5) is 0 Å². The van der Waals surface area contributed by atoms with E-state index in [4.69, 9.17) is 9.47 Å². The van der Waals surface area contributed by atoms with Gasteiger partial charge in [-0.2, -0.15) is 0 Å². The van der Waals surface area contributed by atoms with Crippen LogP contribution >= 0.6 is 0 Å². The van der Waals surface area contributed by atoms with E-state index < -0.39 is 0 Å². The molecule has 1 rings (SSSR count). The SMILES string of the molecule is CCOC(=O)CC(C)CCc1ccc(OC)cc1. The molecule has 1 aromatic rings. The van der Waals surface area contributed by atoms with Crippen molar-refractivity contribution in [3.8, 4) is 5.75 Å². The molecule has 1 aromatic carbocycles. The molecule has 0 N–H and O–H groups in total. The van der Waals surface area contributed by atoms with Gasteiger partial charge in [0.1, 0.15) is 5.75 Å². The maximum Gasteiger partial charge on any atom is 0.306 e. The van der Waals surface area contributed by atoms with Crippen LogP contribution in [0.3, 0.4) is 0 Å². The van der Waals surface area contributed by atoms with Gasteiger partial charge in [0.15, 0.2) is 0 Å². The molecule has 0 aliphatic rings. The van der Waals surface area contributed by atoms with Crippen molar-refractivity contribution in [3.63, 3.8) is 0 Å². The minimum absolute atomic E-state index is 0.0975. The van der Waals surface area contributed by atoms with Crippen molar-refractivity contribution in [2.45, 2.75) is 33.1 Å². The number of carbonyl (C=O) groups excluding carboxylic acids is 1. The molecule has 0 fully saturated rings. The molecule has 0 spiro atoms. The van der Waals surface area contributed by atoms with Crippen molar-refractivity contribution in [1.82, 2.24) is 0 Å². The molecule has 0 saturated carbocycles. The van der Waals surface area contributed by atoms with Crippen LogP contribution in [0.15, 0.2) is 24.3 Å². The monoisotopic (exact) mass is 250 g/mol. The Balaban J connectivity index is 2.32. The average Bonchev–Trinajstić information content (AvgIpc) is 2.37. The zero-order valence-electron chi connectivity index (χ0n) is 11.4. The quantitative estimate of drug-likeness (QED) is 0.697. The van der Waals surface area contributed by atoms with Crippen LogP contribution in [-0.2, 0) is 16.0 Å². The van der Waals surface area contributed by atoms with Crippen LogP contribution in [0.2, 0.25) is 0 Å². The van der Waals surface area contributed by atoms with Crippen molar-refractivity contribution < 1.29 is 14.3 Å². The third-order valence-corrected chi connectivity index (χ3v) is 2.91. The van der Waals surface area contributed by atoms with E-state index in [-0.39, 0.29) is 5.97 Å². The van der Waals surface area contributed by atoms with E-state index in [1.54, 1.807) is 7.11 Å². The van der Waals surface area contributed by atoms with Crippen LogP contribution in [0.5, 0.6) is 5.75 Å². The summed E-state index contributed by atoms with van der Waals surface area (Å²) < 4.78 is 10.1. The summed E-state index contributed by atoms with van der Waals surface area (Å²) in [6.07, 6.45) is 2.47. The number of esters is 1. The molecule has 0 amide bonds. The number of hydrogen-bond acceptors (Lipinski definition) is 3. The second-order valence-corrected chi connectivity index (χ2v) is 4.50. The Morgan fingerprint density at radius 1 is 1.28 bits per heavy atom. The topological polar surface area (TPSA) is 35.5 Å². The van der Waals surface area contributed by atoms with Gasteiger partial charge in [-0.1, -0.05) is 19.1 Å². The van der Waals surface area contributed by atoms with Crippen LogP contribution in [0, 0.1) is 5.92 Å². The van der Waals surface area contributed by atoms with Gasteiger partial charge in [-0.05, 0) is 43.4 Å². The molecule has 0 bridgehead atoms. The van der Waals surface area contributed by atoms with Gasteiger partial charge < -0.3 is 9.47 Å². The first kappa shape index (κ1) is 14.6. The highest BCUT2D eigenvalue weighted by Gasteiger charge is 2.09. The summed E-state index contributed by atoms with van der Waals surface area (Å²) in [5, 5.41) is 0. The summed E-state index contributed by atoms with van der Waals surface area (Å²) in [6.45, 7) is 4.38. The molecular formula is C15H22O3. The van der Waals surface area contributed by atoms with Crippen molar-refractivity contribution >= 4 is 5.97 Å². The Morgan fingerprint density at radius 2 is 1.94 bits per heavy atom. The predicted octanol–water partition coefficient (Wildman–Crippen LogP) is 3.22. The Kier molecular flexibility index (Phi) is 6.26. The molecule has 0 radical (unpaired) electrons. The summed E-state index contributed by atoms with van der Waals surface area (Å²) in [7, 11) is 1.66. The lowest BCUT2D eigenvalue weighted by Crippen LogP contribution is -2.10. The number of rotatable bonds is 7. The smallest absolute Gasteiger partial charge is 0.306 e. The van der Waals surface area contributed by atoms with E-state index in [2.05, 4.69) is 19.1 Å². The molecule has 100 valence electrons. The second-order valence-electron chi connectivity index (χ2n) is 4.50. The standard InChI is InChI=1S/C15H22O3/c1-4-18-15(16)11-12(2)5-6-13-7-9-14(17-3)10-8-13/h7-10,12H,4-6,11H2,1-3H3. The van der Waals surface area contributed by atoms with Gasteiger partial charge >= 0.3 is 5.97 Å². The second kappa shape index (κ2) is 7.75. The summed E-state index contributed by atoms with van der Waals surface area (Å²) in [5.74, 6) is 1.13. The third kappa shape index (κ3) is 5.21. The van der Waals surface area contributed by atoms with Crippen LogP contribution < -0.4 is 4.74 Å². The van der Waals surface area contributed by atoms with Gasteiger partial charge in [0.2, 0.25) is 0 Å². The number of ether oxygens (including phenoxy) is 2. The number of hydrogen-bond donors (Lipinski definition) is 0. The van der Waals surface area contributed by atoms with Crippen LogP contribution in [0.1, 0.15) is 32.3 Å². The highest BCUT2D eigenvalue weighted by Crippen LogP contribution is 2.16. The number of aryl methyl sites for hydroxylation is 1. The summed E-state index contributed by atoms with van der Waals surface area (Å²) in [4.78, 5) is 11.3. The fourth-order valence-corrected chi connectivity index (χ4v) is 1.81. The molecule has 1 unspecified atom stereocenters. The van der Waals surface area contributed by atoms with Gasteiger partial charge in [-0.3, -0.25) is 4.79 Å².